The summed E-state index contributed by atoms with van der Waals surface area (Å²) < 4.78 is 0. The highest BCUT2D eigenvalue weighted by Crippen LogP contribution is 2.44. The number of nitrogens with zero attached hydrogens (tertiary/aromatic N) is 2. The van der Waals surface area contributed by atoms with Crippen LogP contribution in [0.15, 0.2) is 66.2 Å². The zero-order chi connectivity index (χ0) is 21.1. The number of fused-ring (bicyclic) bond motifs is 1. The van der Waals surface area contributed by atoms with Gasteiger partial charge in [-0.15, -0.1) is 11.3 Å². The molecule has 3 aromatic rings. The van der Waals surface area contributed by atoms with E-state index in [0.717, 1.165) is 16.1 Å². The Hall–Kier alpha value is -2.99. The molecule has 1 aliphatic heterocycles. The molecule has 0 bridgehead atoms. The summed E-state index contributed by atoms with van der Waals surface area (Å²) >= 11 is 1.59. The molecule has 3 heterocycles. The number of nitrogens with one attached hydrogen (secondary N) is 1. The minimum absolute atomic E-state index is 0.00789. The summed E-state index contributed by atoms with van der Waals surface area (Å²) in [6, 6.07) is 16.8. The minimum atomic E-state index is -0.472. The van der Waals surface area contributed by atoms with E-state index in [4.69, 9.17) is 0 Å². The number of thiophene rings is 1. The molecule has 2 atom stereocenters. The Morgan fingerprint density at radius 3 is 2.63 bits per heavy atom. The van der Waals surface area contributed by atoms with Gasteiger partial charge in [0, 0.05) is 23.2 Å². The lowest BCUT2D eigenvalue weighted by Gasteiger charge is -2.42. The van der Waals surface area contributed by atoms with Gasteiger partial charge in [0.25, 0.3) is 5.91 Å². The summed E-state index contributed by atoms with van der Waals surface area (Å²) in [6.07, 6.45) is 1.72. The minimum Gasteiger partial charge on any atom is -0.350 e. The van der Waals surface area contributed by atoms with Gasteiger partial charge in [-0.25, -0.2) is 0 Å². The van der Waals surface area contributed by atoms with Crippen LogP contribution in [0.1, 0.15) is 52.3 Å². The second-order valence-electron chi connectivity index (χ2n) is 7.92. The molecule has 0 aliphatic carbocycles. The van der Waals surface area contributed by atoms with Crippen molar-refractivity contribution >= 4 is 23.2 Å². The van der Waals surface area contributed by atoms with Crippen molar-refractivity contribution in [2.24, 2.45) is 5.92 Å². The molecule has 30 heavy (non-hydrogen) atoms. The van der Waals surface area contributed by atoms with E-state index in [-0.39, 0.29) is 17.9 Å². The molecule has 5 nitrogen and oxygen atoms in total. The van der Waals surface area contributed by atoms with E-state index in [9.17, 15) is 9.59 Å². The summed E-state index contributed by atoms with van der Waals surface area (Å²) in [5.41, 5.74) is 2.21. The van der Waals surface area contributed by atoms with Gasteiger partial charge in [0.2, 0.25) is 5.91 Å². The largest absolute Gasteiger partial charge is 0.350 e. The van der Waals surface area contributed by atoms with Gasteiger partial charge in [0.05, 0.1) is 24.2 Å². The third-order valence-corrected chi connectivity index (χ3v) is 6.23. The molecule has 0 radical (unpaired) electrons. The molecule has 0 saturated heterocycles. The van der Waals surface area contributed by atoms with E-state index in [0.29, 0.717) is 24.6 Å². The van der Waals surface area contributed by atoms with Crippen LogP contribution in [0.5, 0.6) is 0 Å². The van der Waals surface area contributed by atoms with Crippen molar-refractivity contribution in [2.45, 2.75) is 32.4 Å². The molecule has 0 fully saturated rings. The second-order valence-corrected chi connectivity index (χ2v) is 8.89. The van der Waals surface area contributed by atoms with Crippen LogP contribution < -0.4 is 5.32 Å². The fourth-order valence-electron chi connectivity index (χ4n) is 4.04. The monoisotopic (exact) mass is 419 g/mol. The molecule has 2 amide bonds. The molecule has 154 valence electrons. The zero-order valence-electron chi connectivity index (χ0n) is 17.1. The molecular weight excluding hydrogens is 394 g/mol. The van der Waals surface area contributed by atoms with Crippen LogP contribution in [-0.2, 0) is 11.3 Å². The predicted molar refractivity (Wildman–Crippen MR) is 118 cm³/mol. The smallest absolute Gasteiger partial charge is 0.254 e. The highest BCUT2D eigenvalue weighted by Gasteiger charge is 2.44. The van der Waals surface area contributed by atoms with Crippen LogP contribution in [0.3, 0.4) is 0 Å². The number of hydrogen-bond acceptors (Lipinski definition) is 4. The third-order valence-electron chi connectivity index (χ3n) is 5.29. The Balaban J connectivity index is 1.74. The van der Waals surface area contributed by atoms with Crippen molar-refractivity contribution in [2.75, 3.05) is 6.54 Å². The number of aromatic nitrogens is 1. The lowest BCUT2D eigenvalue weighted by molar-refractivity contribution is -0.124. The molecule has 0 saturated carbocycles. The SMILES string of the molecule is CC(C)CN1C(=O)c2ccccc2[C@@H](C(=O)NCc2ccccn2)[C@H]1c1cccs1. The standard InChI is InChI=1S/C24H25N3O2S/c1-16(2)15-27-22(20-11-7-13-30-20)21(18-9-3-4-10-19(18)24(27)29)23(28)26-14-17-8-5-6-12-25-17/h3-13,16,21-22H,14-15H2,1-2H3,(H,26,28)/t21-,22-/m1/s1. The first kappa shape index (κ1) is 20.3. The van der Waals surface area contributed by atoms with Crippen molar-refractivity contribution < 1.29 is 9.59 Å². The first-order valence-corrected chi connectivity index (χ1v) is 11.0. The van der Waals surface area contributed by atoms with Gasteiger partial charge in [-0.3, -0.25) is 14.6 Å². The number of amides is 2. The van der Waals surface area contributed by atoms with Crippen LogP contribution in [0.4, 0.5) is 0 Å². The molecule has 1 aromatic carbocycles. The average Bonchev–Trinajstić information content (AvgIpc) is 3.29. The molecule has 6 heteroatoms. The van der Waals surface area contributed by atoms with E-state index in [1.54, 1.807) is 17.5 Å². The van der Waals surface area contributed by atoms with Crippen LogP contribution in [0.2, 0.25) is 0 Å². The number of carbonyl (C=O) groups is 2. The van der Waals surface area contributed by atoms with Crippen LogP contribution in [0, 0.1) is 5.92 Å². The highest BCUT2D eigenvalue weighted by atomic mass is 32.1. The van der Waals surface area contributed by atoms with Crippen LogP contribution in [-0.4, -0.2) is 28.2 Å². The van der Waals surface area contributed by atoms with Gasteiger partial charge >= 0.3 is 0 Å². The Bertz CT molecular complexity index is 1020. The first-order valence-electron chi connectivity index (χ1n) is 10.2. The number of pyridine rings is 1. The van der Waals surface area contributed by atoms with Gasteiger partial charge in [-0.1, -0.05) is 44.2 Å². The fourth-order valence-corrected chi connectivity index (χ4v) is 4.91. The maximum Gasteiger partial charge on any atom is 0.254 e. The number of benzene rings is 1. The molecular formula is C24H25N3O2S. The van der Waals surface area contributed by atoms with Crippen molar-refractivity contribution in [3.8, 4) is 0 Å². The Morgan fingerprint density at radius 1 is 1.13 bits per heavy atom. The van der Waals surface area contributed by atoms with Crippen molar-refractivity contribution in [3.05, 3.63) is 87.9 Å². The van der Waals surface area contributed by atoms with Gasteiger partial charge in [-0.2, -0.15) is 0 Å². The Kier molecular flexibility index (Phi) is 5.95. The highest BCUT2D eigenvalue weighted by molar-refractivity contribution is 7.10. The van der Waals surface area contributed by atoms with E-state index < -0.39 is 5.92 Å². The van der Waals surface area contributed by atoms with Crippen molar-refractivity contribution in [3.63, 3.8) is 0 Å². The fraction of sp³-hybridized carbons (Fsp3) is 0.292. The van der Waals surface area contributed by atoms with Crippen molar-refractivity contribution in [1.82, 2.24) is 15.2 Å². The quantitative estimate of drug-likeness (QED) is 0.644. The summed E-state index contributed by atoms with van der Waals surface area (Å²) in [5, 5.41) is 5.05. The van der Waals surface area contributed by atoms with Crippen molar-refractivity contribution in [1.29, 1.82) is 0 Å². The lowest BCUT2D eigenvalue weighted by atomic mass is 9.81. The van der Waals surface area contributed by atoms with Crippen LogP contribution >= 0.6 is 11.3 Å². The molecule has 2 aromatic heterocycles. The van der Waals surface area contributed by atoms with E-state index in [1.807, 2.05) is 64.9 Å². The maximum atomic E-state index is 13.5. The average molecular weight is 420 g/mol. The topological polar surface area (TPSA) is 62.3 Å². The lowest BCUT2D eigenvalue weighted by Crippen LogP contribution is -2.48. The number of carbonyl (C=O) groups excluding carboxylic acids is 2. The normalized spacial score (nSPS) is 18.4. The Labute approximate surface area is 180 Å². The van der Waals surface area contributed by atoms with Gasteiger partial charge in [0.15, 0.2) is 0 Å². The van der Waals surface area contributed by atoms with Crippen LogP contribution in [0.25, 0.3) is 0 Å². The zero-order valence-corrected chi connectivity index (χ0v) is 17.9. The predicted octanol–water partition coefficient (Wildman–Crippen LogP) is 4.40. The van der Waals surface area contributed by atoms with Gasteiger partial charge in [-0.05, 0) is 41.1 Å². The molecule has 0 spiro atoms. The number of hydrogen-bond donors (Lipinski definition) is 1. The molecule has 1 N–H and O–H groups in total. The Morgan fingerprint density at radius 2 is 1.93 bits per heavy atom. The molecule has 1 aliphatic rings. The van der Waals surface area contributed by atoms with Gasteiger partial charge < -0.3 is 10.2 Å². The summed E-state index contributed by atoms with van der Waals surface area (Å²) in [4.78, 5) is 34.1. The summed E-state index contributed by atoms with van der Waals surface area (Å²) in [7, 11) is 0. The number of rotatable bonds is 6. The molecule has 0 unspecified atom stereocenters. The second kappa shape index (κ2) is 8.79. The maximum absolute atomic E-state index is 13.5. The summed E-state index contributed by atoms with van der Waals surface area (Å²) in [5.74, 6) is -0.279. The van der Waals surface area contributed by atoms with E-state index in [1.165, 1.54) is 0 Å². The van der Waals surface area contributed by atoms with E-state index >= 15 is 0 Å². The third kappa shape index (κ3) is 4.00. The van der Waals surface area contributed by atoms with Gasteiger partial charge in [0.1, 0.15) is 0 Å². The summed E-state index contributed by atoms with van der Waals surface area (Å²) in [6.45, 7) is 5.14. The molecule has 4 rings (SSSR count). The van der Waals surface area contributed by atoms with E-state index in [2.05, 4.69) is 24.1 Å². The first-order chi connectivity index (χ1) is 14.6.